The minimum absolute atomic E-state index is 0.0544. The Balaban J connectivity index is 1.55. The Hall–Kier alpha value is -2.54. The highest BCUT2D eigenvalue weighted by molar-refractivity contribution is 5.79. The van der Waals surface area contributed by atoms with Crippen molar-refractivity contribution in [2.45, 2.75) is 26.2 Å². The lowest BCUT2D eigenvalue weighted by Gasteiger charge is -2.32. The molecule has 2 heterocycles. The Labute approximate surface area is 165 Å². The summed E-state index contributed by atoms with van der Waals surface area (Å²) >= 11 is 0. The largest absolute Gasteiger partial charge is 0.382 e. The van der Waals surface area contributed by atoms with Crippen LogP contribution in [-0.4, -0.2) is 48.7 Å². The summed E-state index contributed by atoms with van der Waals surface area (Å²) in [6.07, 6.45) is 6.12. The fourth-order valence-corrected chi connectivity index (χ4v) is 3.32. The standard InChI is InChI=1S/C21H27FN4O2/c1-2-28-12-4-10-23-20(27)17-5-3-11-26(15-17)21-24-13-18(14-25-21)16-6-8-19(22)9-7-16/h6-9,13-14,17H,2-5,10-12,15H2,1H3,(H,23,27)/t17-/m0/s1. The van der Waals surface area contributed by atoms with Crippen molar-refractivity contribution in [2.24, 2.45) is 5.92 Å². The summed E-state index contributed by atoms with van der Waals surface area (Å²) in [4.78, 5) is 23.4. The Morgan fingerprint density at radius 3 is 2.71 bits per heavy atom. The van der Waals surface area contributed by atoms with Crippen molar-refractivity contribution < 1.29 is 13.9 Å². The van der Waals surface area contributed by atoms with Gasteiger partial charge in [0.05, 0.1) is 5.92 Å². The summed E-state index contributed by atoms with van der Waals surface area (Å²) in [6, 6.07) is 6.26. The van der Waals surface area contributed by atoms with E-state index in [1.165, 1.54) is 12.1 Å². The molecule has 6 nitrogen and oxygen atoms in total. The van der Waals surface area contributed by atoms with Crippen LogP contribution in [0.4, 0.5) is 10.3 Å². The van der Waals surface area contributed by atoms with Crippen LogP contribution in [-0.2, 0) is 9.53 Å². The lowest BCUT2D eigenvalue weighted by atomic mass is 9.97. The number of carbonyl (C=O) groups excluding carboxylic acids is 1. The number of benzene rings is 1. The third-order valence-electron chi connectivity index (χ3n) is 4.86. The van der Waals surface area contributed by atoms with Crippen LogP contribution in [0.1, 0.15) is 26.2 Å². The van der Waals surface area contributed by atoms with Gasteiger partial charge in [-0.15, -0.1) is 0 Å². The van der Waals surface area contributed by atoms with Crippen molar-refractivity contribution in [1.29, 1.82) is 0 Å². The smallest absolute Gasteiger partial charge is 0.225 e. The number of aromatic nitrogens is 2. The van der Waals surface area contributed by atoms with Gasteiger partial charge in [0, 0.05) is 50.8 Å². The molecule has 2 aromatic rings. The van der Waals surface area contributed by atoms with E-state index in [0.717, 1.165) is 36.9 Å². The molecule has 3 rings (SSSR count). The molecule has 0 unspecified atom stereocenters. The monoisotopic (exact) mass is 386 g/mol. The van der Waals surface area contributed by atoms with E-state index in [9.17, 15) is 9.18 Å². The molecule has 1 fully saturated rings. The van der Waals surface area contributed by atoms with Gasteiger partial charge in [0.25, 0.3) is 0 Å². The van der Waals surface area contributed by atoms with Crippen LogP contribution in [0.2, 0.25) is 0 Å². The van der Waals surface area contributed by atoms with E-state index in [0.29, 0.717) is 32.3 Å². The summed E-state index contributed by atoms with van der Waals surface area (Å²) < 4.78 is 18.4. The number of amides is 1. The highest BCUT2D eigenvalue weighted by atomic mass is 19.1. The second kappa shape index (κ2) is 10.1. The molecule has 1 atom stereocenters. The normalized spacial score (nSPS) is 16.8. The summed E-state index contributed by atoms with van der Waals surface area (Å²) in [7, 11) is 0. The van der Waals surface area contributed by atoms with Crippen LogP contribution in [0.3, 0.4) is 0 Å². The van der Waals surface area contributed by atoms with Crippen LogP contribution < -0.4 is 10.2 Å². The molecule has 1 aliphatic rings. The van der Waals surface area contributed by atoms with Crippen LogP contribution in [0.5, 0.6) is 0 Å². The molecule has 7 heteroatoms. The van der Waals surface area contributed by atoms with Crippen LogP contribution in [0.25, 0.3) is 11.1 Å². The highest BCUT2D eigenvalue weighted by Gasteiger charge is 2.26. The van der Waals surface area contributed by atoms with Gasteiger partial charge in [-0.25, -0.2) is 14.4 Å². The number of hydrogen-bond acceptors (Lipinski definition) is 5. The molecular weight excluding hydrogens is 359 g/mol. The topological polar surface area (TPSA) is 67.3 Å². The lowest BCUT2D eigenvalue weighted by Crippen LogP contribution is -2.44. The van der Waals surface area contributed by atoms with Crippen molar-refractivity contribution in [3.63, 3.8) is 0 Å². The molecule has 28 heavy (non-hydrogen) atoms. The van der Waals surface area contributed by atoms with Crippen molar-refractivity contribution in [1.82, 2.24) is 15.3 Å². The van der Waals surface area contributed by atoms with E-state index in [1.807, 2.05) is 6.92 Å². The van der Waals surface area contributed by atoms with Gasteiger partial charge >= 0.3 is 0 Å². The first-order chi connectivity index (χ1) is 13.7. The number of halogens is 1. The third-order valence-corrected chi connectivity index (χ3v) is 4.86. The number of rotatable bonds is 8. The van der Waals surface area contributed by atoms with Gasteiger partial charge in [-0.1, -0.05) is 12.1 Å². The van der Waals surface area contributed by atoms with Gasteiger partial charge in [-0.2, -0.15) is 0 Å². The minimum atomic E-state index is -0.267. The van der Waals surface area contributed by atoms with E-state index in [2.05, 4.69) is 20.2 Å². The molecule has 0 saturated carbocycles. The van der Waals surface area contributed by atoms with E-state index in [-0.39, 0.29) is 17.6 Å². The number of hydrogen-bond donors (Lipinski definition) is 1. The number of ether oxygens (including phenoxy) is 1. The number of nitrogens with one attached hydrogen (secondary N) is 1. The first-order valence-corrected chi connectivity index (χ1v) is 9.85. The minimum Gasteiger partial charge on any atom is -0.382 e. The van der Waals surface area contributed by atoms with Gasteiger partial charge in [0.2, 0.25) is 11.9 Å². The summed E-state index contributed by atoms with van der Waals surface area (Å²) in [5.41, 5.74) is 1.71. The Kier molecular flexibility index (Phi) is 7.31. The van der Waals surface area contributed by atoms with E-state index >= 15 is 0 Å². The average molecular weight is 386 g/mol. The molecule has 1 aliphatic heterocycles. The summed E-state index contributed by atoms with van der Waals surface area (Å²) in [6.45, 7) is 5.42. The zero-order valence-corrected chi connectivity index (χ0v) is 16.2. The molecule has 1 aromatic carbocycles. The summed E-state index contributed by atoms with van der Waals surface area (Å²) in [5, 5.41) is 3.00. The second-order valence-electron chi connectivity index (χ2n) is 6.91. The van der Waals surface area contributed by atoms with Gasteiger partial charge in [0.15, 0.2) is 0 Å². The predicted octanol–water partition coefficient (Wildman–Crippen LogP) is 3.04. The maximum atomic E-state index is 13.1. The predicted molar refractivity (Wildman–Crippen MR) is 106 cm³/mol. The Bertz CT molecular complexity index is 752. The molecule has 0 spiro atoms. The number of piperidine rings is 1. The van der Waals surface area contributed by atoms with E-state index in [4.69, 9.17) is 4.74 Å². The van der Waals surface area contributed by atoms with E-state index in [1.54, 1.807) is 24.5 Å². The highest BCUT2D eigenvalue weighted by Crippen LogP contribution is 2.23. The average Bonchev–Trinajstić information content (AvgIpc) is 2.74. The van der Waals surface area contributed by atoms with Crippen LogP contribution >= 0.6 is 0 Å². The maximum absolute atomic E-state index is 13.1. The molecule has 1 amide bonds. The molecule has 1 saturated heterocycles. The molecule has 1 aromatic heterocycles. The molecule has 0 bridgehead atoms. The van der Waals surface area contributed by atoms with Crippen molar-refractivity contribution >= 4 is 11.9 Å². The van der Waals surface area contributed by atoms with Crippen LogP contribution in [0, 0.1) is 11.7 Å². The fourth-order valence-electron chi connectivity index (χ4n) is 3.32. The van der Waals surface area contributed by atoms with Crippen molar-refractivity contribution in [2.75, 3.05) is 37.7 Å². The Morgan fingerprint density at radius 1 is 1.25 bits per heavy atom. The molecule has 150 valence electrons. The first-order valence-electron chi connectivity index (χ1n) is 9.85. The molecule has 1 N–H and O–H groups in total. The zero-order chi connectivity index (χ0) is 19.8. The fraction of sp³-hybridized carbons (Fsp3) is 0.476. The van der Waals surface area contributed by atoms with E-state index < -0.39 is 0 Å². The molecule has 0 aliphatic carbocycles. The molecule has 0 radical (unpaired) electrons. The number of anilines is 1. The number of carbonyl (C=O) groups is 1. The Morgan fingerprint density at radius 2 is 2.00 bits per heavy atom. The lowest BCUT2D eigenvalue weighted by molar-refractivity contribution is -0.125. The van der Waals surface area contributed by atoms with Crippen LogP contribution in [0.15, 0.2) is 36.7 Å². The second-order valence-corrected chi connectivity index (χ2v) is 6.91. The first kappa shape index (κ1) is 20.2. The van der Waals surface area contributed by atoms with Gasteiger partial charge in [-0.05, 0) is 43.9 Å². The number of nitrogens with zero attached hydrogens (tertiary/aromatic N) is 3. The third kappa shape index (κ3) is 5.48. The van der Waals surface area contributed by atoms with Gasteiger partial charge in [-0.3, -0.25) is 4.79 Å². The van der Waals surface area contributed by atoms with Gasteiger partial charge < -0.3 is 15.0 Å². The van der Waals surface area contributed by atoms with Crippen molar-refractivity contribution in [3.8, 4) is 11.1 Å². The quantitative estimate of drug-likeness (QED) is 0.707. The summed E-state index contributed by atoms with van der Waals surface area (Å²) in [5.74, 6) is 0.391. The van der Waals surface area contributed by atoms with Crippen molar-refractivity contribution in [3.05, 3.63) is 42.5 Å². The zero-order valence-electron chi connectivity index (χ0n) is 16.2. The maximum Gasteiger partial charge on any atom is 0.225 e. The molecular formula is C21H27FN4O2. The van der Waals surface area contributed by atoms with Gasteiger partial charge in [0.1, 0.15) is 5.82 Å². The SMILES string of the molecule is CCOCCCNC(=O)[C@H]1CCCN(c2ncc(-c3ccc(F)cc3)cn2)C1.